The molecule has 0 fully saturated rings. The maximum Gasteiger partial charge on any atom is 0.238 e. The average molecular weight is 518 g/mol. The number of nitrogens with zero attached hydrogens (tertiary/aromatic N) is 3. The lowest BCUT2D eigenvalue weighted by molar-refractivity contribution is -0.118. The number of carbonyl (C=O) groups is 1. The van der Waals surface area contributed by atoms with Crippen molar-refractivity contribution >= 4 is 39.3 Å². The number of hydrogen-bond acceptors (Lipinski definition) is 7. The summed E-state index contributed by atoms with van der Waals surface area (Å²) in [5.74, 6) is 1.02. The summed E-state index contributed by atoms with van der Waals surface area (Å²) < 4.78 is 30.0. The minimum absolute atomic E-state index is 0.0513. The molecule has 1 amide bonds. The Bertz CT molecular complexity index is 1370. The van der Waals surface area contributed by atoms with Crippen LogP contribution >= 0.6 is 23.4 Å². The number of thioether (sulfide) groups is 1. The van der Waals surface area contributed by atoms with E-state index in [0.29, 0.717) is 34.7 Å². The van der Waals surface area contributed by atoms with E-state index < -0.39 is 10.0 Å². The number of amides is 1. The number of sulfonamides is 1. The van der Waals surface area contributed by atoms with Crippen molar-refractivity contribution in [1.29, 1.82) is 0 Å². The summed E-state index contributed by atoms with van der Waals surface area (Å²) in [5, 5.41) is 17.6. The second kappa shape index (κ2) is 10.4. The zero-order chi connectivity index (χ0) is 24.1. The minimum Gasteiger partial charge on any atom is -0.461 e. The Morgan fingerprint density at radius 1 is 1.09 bits per heavy atom. The van der Waals surface area contributed by atoms with Crippen molar-refractivity contribution in [2.75, 3.05) is 12.3 Å². The average Bonchev–Trinajstić information content (AvgIpc) is 3.48. The van der Waals surface area contributed by atoms with Crippen LogP contribution in [-0.4, -0.2) is 41.4 Å². The maximum absolute atomic E-state index is 12.4. The van der Waals surface area contributed by atoms with Gasteiger partial charge >= 0.3 is 0 Å². The third-order valence-corrected chi connectivity index (χ3v) is 6.89. The molecule has 0 aliphatic heterocycles. The number of carbonyl (C=O) groups excluding carboxylic acids is 1. The van der Waals surface area contributed by atoms with E-state index >= 15 is 0 Å². The van der Waals surface area contributed by atoms with Gasteiger partial charge in [-0.05, 0) is 60.5 Å². The molecule has 0 aliphatic rings. The van der Waals surface area contributed by atoms with Crippen LogP contribution in [0, 0.1) is 0 Å². The van der Waals surface area contributed by atoms with E-state index in [2.05, 4.69) is 15.5 Å². The number of benzene rings is 2. The van der Waals surface area contributed by atoms with Gasteiger partial charge in [0, 0.05) is 17.3 Å². The number of halogens is 1. The van der Waals surface area contributed by atoms with Crippen LogP contribution in [-0.2, 0) is 21.2 Å². The van der Waals surface area contributed by atoms with Crippen molar-refractivity contribution in [1.82, 2.24) is 20.1 Å². The van der Waals surface area contributed by atoms with E-state index in [9.17, 15) is 13.2 Å². The second-order valence-corrected chi connectivity index (χ2v) is 10.1. The van der Waals surface area contributed by atoms with Gasteiger partial charge in [0.1, 0.15) is 0 Å². The van der Waals surface area contributed by atoms with Crippen LogP contribution in [0.1, 0.15) is 5.56 Å². The largest absolute Gasteiger partial charge is 0.461 e. The van der Waals surface area contributed by atoms with Crippen LogP contribution in [0.5, 0.6) is 0 Å². The molecule has 3 N–H and O–H groups in total. The Morgan fingerprint density at radius 2 is 1.82 bits per heavy atom. The zero-order valence-corrected chi connectivity index (χ0v) is 20.1. The van der Waals surface area contributed by atoms with Gasteiger partial charge in [-0.15, -0.1) is 10.2 Å². The highest BCUT2D eigenvalue weighted by atomic mass is 35.5. The molecule has 12 heteroatoms. The SMILES string of the molecule is NS(=O)(=O)c1ccc(CCNC(=O)CSc2nnc(-c3ccco3)n2-c2ccc(Cl)cc2)cc1. The molecule has 2 aromatic carbocycles. The van der Waals surface area contributed by atoms with E-state index in [1.54, 1.807) is 47.2 Å². The first-order chi connectivity index (χ1) is 16.3. The first kappa shape index (κ1) is 24.0. The molecule has 0 aliphatic carbocycles. The molecule has 9 nitrogen and oxygen atoms in total. The fraction of sp³-hybridized carbons (Fsp3) is 0.136. The topological polar surface area (TPSA) is 133 Å². The van der Waals surface area contributed by atoms with Gasteiger partial charge in [0.25, 0.3) is 0 Å². The Balaban J connectivity index is 1.38. The Morgan fingerprint density at radius 3 is 2.47 bits per heavy atom. The number of aromatic nitrogens is 3. The van der Waals surface area contributed by atoms with Gasteiger partial charge in [0.15, 0.2) is 10.9 Å². The zero-order valence-electron chi connectivity index (χ0n) is 17.7. The van der Waals surface area contributed by atoms with Crippen LogP contribution in [0.25, 0.3) is 17.3 Å². The monoisotopic (exact) mass is 517 g/mol. The van der Waals surface area contributed by atoms with Gasteiger partial charge < -0.3 is 9.73 Å². The third-order valence-electron chi connectivity index (χ3n) is 4.78. The van der Waals surface area contributed by atoms with Gasteiger partial charge in [-0.2, -0.15) is 0 Å². The molecule has 0 spiro atoms. The third kappa shape index (κ3) is 5.86. The lowest BCUT2D eigenvalue weighted by Crippen LogP contribution is -2.27. The number of primary sulfonamides is 1. The number of nitrogens with one attached hydrogen (secondary N) is 1. The Hall–Kier alpha value is -3.12. The first-order valence-electron chi connectivity index (χ1n) is 10.1. The Kier molecular flexibility index (Phi) is 7.37. The number of nitrogens with two attached hydrogens (primary N) is 1. The summed E-state index contributed by atoms with van der Waals surface area (Å²) in [6.45, 7) is 0.398. The quantitative estimate of drug-likeness (QED) is 0.325. The predicted molar refractivity (Wildman–Crippen MR) is 129 cm³/mol. The van der Waals surface area contributed by atoms with Crippen molar-refractivity contribution in [3.8, 4) is 17.3 Å². The molecule has 2 heterocycles. The van der Waals surface area contributed by atoms with E-state index in [4.69, 9.17) is 21.2 Å². The molecule has 0 unspecified atom stereocenters. The van der Waals surface area contributed by atoms with Crippen LogP contribution in [0.2, 0.25) is 5.02 Å². The molecule has 176 valence electrons. The van der Waals surface area contributed by atoms with E-state index in [-0.39, 0.29) is 16.6 Å². The molecule has 0 radical (unpaired) electrons. The molecule has 4 rings (SSSR count). The molecule has 0 atom stereocenters. The molecule has 0 bridgehead atoms. The van der Waals surface area contributed by atoms with Crippen molar-refractivity contribution in [3.63, 3.8) is 0 Å². The van der Waals surface area contributed by atoms with Crippen LogP contribution in [0.4, 0.5) is 0 Å². The van der Waals surface area contributed by atoms with Gasteiger partial charge in [0.05, 0.1) is 16.9 Å². The normalized spacial score (nSPS) is 11.5. The smallest absolute Gasteiger partial charge is 0.238 e. The molecule has 34 heavy (non-hydrogen) atoms. The van der Waals surface area contributed by atoms with Gasteiger partial charge in [0.2, 0.25) is 21.8 Å². The molecule has 4 aromatic rings. The summed E-state index contributed by atoms with van der Waals surface area (Å²) in [5.41, 5.74) is 1.66. The molecule has 0 saturated carbocycles. The highest BCUT2D eigenvalue weighted by molar-refractivity contribution is 7.99. The summed E-state index contributed by atoms with van der Waals surface area (Å²) in [6, 6.07) is 17.0. The first-order valence-corrected chi connectivity index (χ1v) is 13.0. The summed E-state index contributed by atoms with van der Waals surface area (Å²) in [7, 11) is -3.72. The summed E-state index contributed by atoms with van der Waals surface area (Å²) >= 11 is 7.27. The second-order valence-electron chi connectivity index (χ2n) is 7.17. The van der Waals surface area contributed by atoms with E-state index in [1.807, 2.05) is 12.1 Å². The van der Waals surface area contributed by atoms with Crippen molar-refractivity contribution in [3.05, 3.63) is 77.5 Å². The van der Waals surface area contributed by atoms with Gasteiger partial charge in [-0.3, -0.25) is 9.36 Å². The van der Waals surface area contributed by atoms with E-state index in [1.165, 1.54) is 23.9 Å². The van der Waals surface area contributed by atoms with Crippen molar-refractivity contribution in [2.45, 2.75) is 16.5 Å². The molecule has 2 aromatic heterocycles. The Labute approximate surface area is 205 Å². The summed E-state index contributed by atoms with van der Waals surface area (Å²) in [4.78, 5) is 12.5. The lowest BCUT2D eigenvalue weighted by Gasteiger charge is -2.10. The molecular formula is C22H20ClN5O4S2. The number of hydrogen-bond donors (Lipinski definition) is 2. The number of rotatable bonds is 9. The number of furan rings is 1. The minimum atomic E-state index is -3.72. The predicted octanol–water partition coefficient (Wildman–Crippen LogP) is 3.28. The van der Waals surface area contributed by atoms with Crippen LogP contribution in [0.3, 0.4) is 0 Å². The summed E-state index contributed by atoms with van der Waals surface area (Å²) in [6.07, 6.45) is 2.10. The lowest BCUT2D eigenvalue weighted by atomic mass is 10.1. The highest BCUT2D eigenvalue weighted by Gasteiger charge is 2.19. The standard InChI is InChI=1S/C22H20ClN5O4S2/c23-16-5-7-17(8-6-16)28-21(19-2-1-13-32-19)26-27-22(28)33-14-20(29)25-12-11-15-3-9-18(10-4-15)34(24,30)31/h1-10,13H,11-12,14H2,(H,25,29)(H2,24,30,31). The fourth-order valence-corrected chi connectivity index (χ4v) is 4.55. The van der Waals surface area contributed by atoms with Crippen LogP contribution < -0.4 is 10.5 Å². The van der Waals surface area contributed by atoms with Crippen LogP contribution in [0.15, 0.2) is 81.4 Å². The van der Waals surface area contributed by atoms with E-state index in [0.717, 1.165) is 11.3 Å². The molecule has 0 saturated heterocycles. The van der Waals surface area contributed by atoms with Gasteiger partial charge in [-0.1, -0.05) is 35.5 Å². The van der Waals surface area contributed by atoms with Gasteiger partial charge in [-0.25, -0.2) is 13.6 Å². The van der Waals surface area contributed by atoms with Crippen molar-refractivity contribution in [2.24, 2.45) is 5.14 Å². The molecular weight excluding hydrogens is 498 g/mol. The fourth-order valence-electron chi connectivity index (χ4n) is 3.12. The highest BCUT2D eigenvalue weighted by Crippen LogP contribution is 2.28. The maximum atomic E-state index is 12.4. The van der Waals surface area contributed by atoms with Crippen molar-refractivity contribution < 1.29 is 17.6 Å².